The highest BCUT2D eigenvalue weighted by Crippen LogP contribution is 2.01. The van der Waals surface area contributed by atoms with E-state index in [-0.39, 0.29) is 16.6 Å². The summed E-state index contributed by atoms with van der Waals surface area (Å²) in [5.74, 6) is -0.974. The fraction of sp³-hybridized carbons (Fsp3) is 0.444. The predicted octanol–water partition coefficient (Wildman–Crippen LogP) is -0.735. The minimum atomic E-state index is -3.30. The van der Waals surface area contributed by atoms with Gasteiger partial charge in [-0.3, -0.25) is 4.79 Å². The van der Waals surface area contributed by atoms with Gasteiger partial charge in [-0.15, -0.1) is 0 Å². The Morgan fingerprint density at radius 1 is 1.50 bits per heavy atom. The van der Waals surface area contributed by atoms with Crippen molar-refractivity contribution in [3.63, 3.8) is 0 Å². The number of aromatic nitrogens is 2. The Balaban J connectivity index is 2.70. The number of nitrogens with one attached hydrogen (secondary N) is 1. The van der Waals surface area contributed by atoms with Crippen LogP contribution in [-0.2, 0) is 9.84 Å². The standard InChI is InChI=1S/C9H12ClN3O4S/c1-18(16,17)5-6(4-14)13-9(15)7-2-12-8(10)3-11-7/h2-3,6,14H,4-5H2,1H3,(H,13,15)/t6-/m0/s1. The van der Waals surface area contributed by atoms with Crippen LogP contribution in [-0.4, -0.2) is 54.1 Å². The molecule has 0 radical (unpaired) electrons. The van der Waals surface area contributed by atoms with Crippen molar-refractivity contribution in [3.8, 4) is 0 Å². The van der Waals surface area contributed by atoms with Gasteiger partial charge in [0.2, 0.25) is 0 Å². The first-order valence-electron chi connectivity index (χ1n) is 4.89. The monoisotopic (exact) mass is 293 g/mol. The second-order valence-electron chi connectivity index (χ2n) is 3.67. The summed E-state index contributed by atoms with van der Waals surface area (Å²) in [6.07, 6.45) is 3.37. The number of nitrogens with zero attached hydrogens (tertiary/aromatic N) is 2. The second-order valence-corrected chi connectivity index (χ2v) is 6.24. The zero-order chi connectivity index (χ0) is 13.8. The lowest BCUT2D eigenvalue weighted by Crippen LogP contribution is -2.42. The third-order valence-corrected chi connectivity index (χ3v) is 3.12. The lowest BCUT2D eigenvalue weighted by molar-refractivity contribution is 0.0918. The van der Waals surface area contributed by atoms with E-state index in [1.54, 1.807) is 0 Å². The first-order chi connectivity index (χ1) is 8.31. The third kappa shape index (κ3) is 4.94. The first kappa shape index (κ1) is 14.8. The fourth-order valence-electron chi connectivity index (χ4n) is 1.19. The van der Waals surface area contributed by atoms with Gasteiger partial charge in [0.15, 0.2) is 0 Å². The highest BCUT2D eigenvalue weighted by Gasteiger charge is 2.18. The summed E-state index contributed by atoms with van der Waals surface area (Å²) in [5.41, 5.74) is -0.00801. The highest BCUT2D eigenvalue weighted by atomic mass is 35.5. The van der Waals surface area contributed by atoms with Crippen LogP contribution in [0.15, 0.2) is 12.4 Å². The summed E-state index contributed by atoms with van der Waals surface area (Å²) >= 11 is 5.51. The van der Waals surface area contributed by atoms with Crippen LogP contribution in [0, 0.1) is 0 Å². The minimum Gasteiger partial charge on any atom is -0.394 e. The molecular weight excluding hydrogens is 282 g/mol. The van der Waals surface area contributed by atoms with E-state index in [1.165, 1.54) is 6.20 Å². The molecule has 0 spiro atoms. The molecule has 2 N–H and O–H groups in total. The Morgan fingerprint density at radius 2 is 2.17 bits per heavy atom. The molecule has 1 aromatic rings. The van der Waals surface area contributed by atoms with E-state index in [0.29, 0.717) is 0 Å². The van der Waals surface area contributed by atoms with E-state index in [1.807, 2.05) is 0 Å². The van der Waals surface area contributed by atoms with Crippen LogP contribution in [0.25, 0.3) is 0 Å². The van der Waals surface area contributed by atoms with Gasteiger partial charge in [0.1, 0.15) is 20.7 Å². The van der Waals surface area contributed by atoms with Crippen LogP contribution in [0.2, 0.25) is 5.15 Å². The molecule has 0 saturated heterocycles. The maximum absolute atomic E-state index is 11.6. The van der Waals surface area contributed by atoms with Gasteiger partial charge >= 0.3 is 0 Å². The number of rotatable bonds is 5. The van der Waals surface area contributed by atoms with Crippen LogP contribution in [0.5, 0.6) is 0 Å². The highest BCUT2D eigenvalue weighted by molar-refractivity contribution is 7.90. The summed E-state index contributed by atoms with van der Waals surface area (Å²) in [7, 11) is -3.30. The van der Waals surface area contributed by atoms with Crippen molar-refractivity contribution in [1.82, 2.24) is 15.3 Å². The van der Waals surface area contributed by atoms with Gasteiger partial charge in [-0.05, 0) is 0 Å². The number of sulfone groups is 1. The van der Waals surface area contributed by atoms with Crippen LogP contribution in [0.3, 0.4) is 0 Å². The molecule has 1 aromatic heterocycles. The summed E-state index contributed by atoms with van der Waals surface area (Å²) in [6.45, 7) is -0.486. The Kier molecular flexibility index (Phi) is 5.00. The van der Waals surface area contributed by atoms with Gasteiger partial charge in [-0.2, -0.15) is 0 Å². The van der Waals surface area contributed by atoms with E-state index in [9.17, 15) is 13.2 Å². The Labute approximate surface area is 109 Å². The summed E-state index contributed by atoms with van der Waals surface area (Å²) in [4.78, 5) is 19.0. The van der Waals surface area contributed by atoms with Crippen LogP contribution in [0.1, 0.15) is 10.5 Å². The van der Waals surface area contributed by atoms with Crippen LogP contribution in [0.4, 0.5) is 0 Å². The molecule has 9 heteroatoms. The molecule has 1 rings (SSSR count). The molecule has 0 aliphatic heterocycles. The average molecular weight is 294 g/mol. The number of carbonyl (C=O) groups is 1. The molecule has 1 amide bonds. The van der Waals surface area contributed by atoms with E-state index < -0.39 is 28.4 Å². The van der Waals surface area contributed by atoms with Gasteiger partial charge < -0.3 is 10.4 Å². The number of hydrogen-bond donors (Lipinski definition) is 2. The van der Waals surface area contributed by atoms with E-state index in [0.717, 1.165) is 12.5 Å². The number of carbonyl (C=O) groups excluding carboxylic acids is 1. The zero-order valence-corrected chi connectivity index (χ0v) is 11.1. The van der Waals surface area contributed by atoms with Crippen molar-refractivity contribution in [2.24, 2.45) is 0 Å². The Hall–Kier alpha value is -1.25. The van der Waals surface area contributed by atoms with Gasteiger partial charge in [0, 0.05) is 6.26 Å². The molecule has 1 atom stereocenters. The number of halogens is 1. The molecule has 100 valence electrons. The zero-order valence-electron chi connectivity index (χ0n) is 9.50. The maximum atomic E-state index is 11.6. The Morgan fingerprint density at radius 3 is 2.61 bits per heavy atom. The quantitative estimate of drug-likeness (QED) is 0.740. The molecule has 0 saturated carbocycles. The molecule has 7 nitrogen and oxygen atoms in total. The largest absolute Gasteiger partial charge is 0.394 e. The van der Waals surface area contributed by atoms with Gasteiger partial charge in [0.25, 0.3) is 5.91 Å². The molecule has 0 aliphatic carbocycles. The van der Waals surface area contributed by atoms with E-state index in [2.05, 4.69) is 15.3 Å². The van der Waals surface area contributed by atoms with Gasteiger partial charge in [0.05, 0.1) is 30.8 Å². The molecule has 1 heterocycles. The fourth-order valence-corrected chi connectivity index (χ4v) is 2.21. The van der Waals surface area contributed by atoms with E-state index in [4.69, 9.17) is 16.7 Å². The van der Waals surface area contributed by atoms with Crippen molar-refractivity contribution in [2.75, 3.05) is 18.6 Å². The first-order valence-corrected chi connectivity index (χ1v) is 7.32. The lowest BCUT2D eigenvalue weighted by atomic mass is 10.3. The maximum Gasteiger partial charge on any atom is 0.271 e. The van der Waals surface area contributed by atoms with Crippen molar-refractivity contribution >= 4 is 27.3 Å². The molecule has 0 aliphatic rings. The van der Waals surface area contributed by atoms with E-state index >= 15 is 0 Å². The summed E-state index contributed by atoms with van der Waals surface area (Å²) < 4.78 is 22.1. The predicted molar refractivity (Wildman–Crippen MR) is 65.1 cm³/mol. The Bertz CT molecular complexity index is 517. The number of aliphatic hydroxyl groups excluding tert-OH is 1. The van der Waals surface area contributed by atoms with Crippen LogP contribution < -0.4 is 5.32 Å². The van der Waals surface area contributed by atoms with Crippen molar-refractivity contribution in [2.45, 2.75) is 6.04 Å². The molecular formula is C9H12ClN3O4S. The molecule has 18 heavy (non-hydrogen) atoms. The molecule has 0 aromatic carbocycles. The SMILES string of the molecule is CS(=O)(=O)C[C@H](CO)NC(=O)c1cnc(Cl)cn1. The van der Waals surface area contributed by atoms with Crippen molar-refractivity contribution in [1.29, 1.82) is 0 Å². The number of aliphatic hydroxyl groups is 1. The molecule has 0 bridgehead atoms. The second kappa shape index (κ2) is 6.07. The lowest BCUT2D eigenvalue weighted by Gasteiger charge is -2.14. The third-order valence-electron chi connectivity index (χ3n) is 1.91. The van der Waals surface area contributed by atoms with Crippen molar-refractivity contribution < 1.29 is 18.3 Å². The normalized spacial score (nSPS) is 13.1. The van der Waals surface area contributed by atoms with Crippen LogP contribution >= 0.6 is 11.6 Å². The number of amides is 1. The summed E-state index contributed by atoms with van der Waals surface area (Å²) in [6, 6.07) is -0.884. The topological polar surface area (TPSA) is 109 Å². The molecule has 0 fully saturated rings. The molecule has 0 unspecified atom stereocenters. The van der Waals surface area contributed by atoms with Gasteiger partial charge in [-0.1, -0.05) is 11.6 Å². The average Bonchev–Trinajstić information content (AvgIpc) is 2.27. The van der Waals surface area contributed by atoms with Gasteiger partial charge in [-0.25, -0.2) is 18.4 Å². The summed E-state index contributed by atoms with van der Waals surface area (Å²) in [5, 5.41) is 11.5. The minimum absolute atomic E-state index is 0.00801. The van der Waals surface area contributed by atoms with Crippen molar-refractivity contribution in [3.05, 3.63) is 23.2 Å². The number of hydrogen-bond acceptors (Lipinski definition) is 6. The smallest absolute Gasteiger partial charge is 0.271 e.